The Morgan fingerprint density at radius 1 is 0.938 bits per heavy atom. The average molecular weight is 453 g/mol. The van der Waals surface area contributed by atoms with E-state index in [0.717, 1.165) is 11.1 Å². The number of carbonyl (C=O) groups excluding carboxylic acids is 1. The van der Waals surface area contributed by atoms with Crippen LogP contribution in [-0.2, 0) is 21.9 Å². The van der Waals surface area contributed by atoms with Crippen molar-refractivity contribution in [2.24, 2.45) is 7.05 Å². The highest BCUT2D eigenvalue weighted by molar-refractivity contribution is 7.89. The number of nitrogens with zero attached hydrogens (tertiary/aromatic N) is 4. The van der Waals surface area contributed by atoms with Gasteiger partial charge in [-0.05, 0) is 17.5 Å². The van der Waals surface area contributed by atoms with Crippen molar-refractivity contribution in [1.29, 1.82) is 0 Å². The normalized spacial score (nSPS) is 15.6. The van der Waals surface area contributed by atoms with Crippen LogP contribution in [0.25, 0.3) is 0 Å². The zero-order valence-corrected chi connectivity index (χ0v) is 19.0. The maximum Gasteiger partial charge on any atom is 0.246 e. The van der Waals surface area contributed by atoms with E-state index in [4.69, 9.17) is 0 Å². The largest absolute Gasteiger partial charge is 0.341 e. The highest BCUT2D eigenvalue weighted by Gasteiger charge is 2.30. The molecule has 2 aromatic carbocycles. The van der Waals surface area contributed by atoms with Gasteiger partial charge in [0.2, 0.25) is 15.9 Å². The number of hydrogen-bond donors (Lipinski definition) is 0. The zero-order chi connectivity index (χ0) is 22.6. The highest BCUT2D eigenvalue weighted by atomic mass is 32.2. The minimum absolute atomic E-state index is 0.0385. The predicted molar refractivity (Wildman–Crippen MR) is 123 cm³/mol. The number of sulfonamides is 1. The molecule has 1 aliphatic heterocycles. The fourth-order valence-corrected chi connectivity index (χ4v) is 5.62. The predicted octanol–water partition coefficient (Wildman–Crippen LogP) is 2.87. The minimum atomic E-state index is -3.61. The number of rotatable bonds is 6. The van der Waals surface area contributed by atoms with E-state index >= 15 is 0 Å². The van der Waals surface area contributed by atoms with Crippen molar-refractivity contribution >= 4 is 15.9 Å². The molecule has 7 nitrogen and oxygen atoms in total. The number of amides is 1. The van der Waals surface area contributed by atoms with Crippen LogP contribution in [0.5, 0.6) is 0 Å². The number of benzene rings is 2. The average Bonchev–Trinajstić information content (AvgIpc) is 3.10. The molecule has 1 saturated heterocycles. The van der Waals surface area contributed by atoms with Gasteiger partial charge in [0, 0.05) is 51.8 Å². The molecular formula is C24H28N4O3S. The maximum absolute atomic E-state index is 13.3. The van der Waals surface area contributed by atoms with Gasteiger partial charge in [-0.25, -0.2) is 8.42 Å². The number of aromatic nitrogens is 2. The van der Waals surface area contributed by atoms with Crippen LogP contribution in [0.15, 0.2) is 78.0 Å². The van der Waals surface area contributed by atoms with Gasteiger partial charge < -0.3 is 4.90 Å². The molecular weight excluding hydrogens is 424 g/mol. The summed E-state index contributed by atoms with van der Waals surface area (Å²) in [4.78, 5) is 15.3. The Kier molecular flexibility index (Phi) is 6.72. The van der Waals surface area contributed by atoms with E-state index in [1.807, 2.05) is 36.4 Å². The van der Waals surface area contributed by atoms with Gasteiger partial charge in [-0.2, -0.15) is 9.40 Å². The van der Waals surface area contributed by atoms with E-state index < -0.39 is 10.0 Å². The second-order valence-corrected chi connectivity index (χ2v) is 10.0. The van der Waals surface area contributed by atoms with Crippen LogP contribution in [0.1, 0.15) is 29.9 Å². The van der Waals surface area contributed by atoms with Gasteiger partial charge in [0.1, 0.15) is 4.90 Å². The first-order valence-electron chi connectivity index (χ1n) is 10.8. The Bertz CT molecular complexity index is 1110. The molecule has 1 aliphatic rings. The van der Waals surface area contributed by atoms with Gasteiger partial charge in [-0.1, -0.05) is 60.7 Å². The number of hydrogen-bond acceptors (Lipinski definition) is 4. The molecule has 0 N–H and O–H groups in total. The molecule has 0 saturated carbocycles. The standard InChI is InChI=1S/C24H28N4O3S/c1-26-19-22(18-25-26)32(30,31)28-14-8-13-27(15-16-28)24(29)17-23(20-9-4-2-5-10-20)21-11-6-3-7-12-21/h2-7,9-12,18-19,23H,8,13-17H2,1H3. The molecule has 0 atom stereocenters. The van der Waals surface area contributed by atoms with E-state index in [0.29, 0.717) is 32.5 Å². The molecule has 3 aromatic rings. The third-order valence-electron chi connectivity index (χ3n) is 5.91. The second kappa shape index (κ2) is 9.67. The molecule has 32 heavy (non-hydrogen) atoms. The summed E-state index contributed by atoms with van der Waals surface area (Å²) >= 11 is 0. The quantitative estimate of drug-likeness (QED) is 0.576. The van der Waals surface area contributed by atoms with Crippen molar-refractivity contribution in [2.75, 3.05) is 26.2 Å². The fourth-order valence-electron chi connectivity index (χ4n) is 4.17. The molecule has 0 aliphatic carbocycles. The monoisotopic (exact) mass is 452 g/mol. The first kappa shape index (κ1) is 22.2. The summed E-state index contributed by atoms with van der Waals surface area (Å²) < 4.78 is 28.8. The van der Waals surface area contributed by atoms with Crippen LogP contribution >= 0.6 is 0 Å². The lowest BCUT2D eigenvalue weighted by atomic mass is 9.88. The summed E-state index contributed by atoms with van der Waals surface area (Å²) in [5, 5.41) is 3.98. The fraction of sp³-hybridized carbons (Fsp3) is 0.333. The second-order valence-electron chi connectivity index (χ2n) is 8.07. The van der Waals surface area contributed by atoms with Crippen LogP contribution in [0.4, 0.5) is 0 Å². The minimum Gasteiger partial charge on any atom is -0.341 e. The molecule has 0 spiro atoms. The van der Waals surface area contributed by atoms with E-state index in [9.17, 15) is 13.2 Å². The first-order chi connectivity index (χ1) is 15.4. The molecule has 1 aromatic heterocycles. The molecule has 0 unspecified atom stereocenters. The molecule has 2 heterocycles. The Morgan fingerprint density at radius 3 is 2.12 bits per heavy atom. The van der Waals surface area contributed by atoms with E-state index in [-0.39, 0.29) is 23.3 Å². The van der Waals surface area contributed by atoms with Crippen molar-refractivity contribution in [3.05, 3.63) is 84.2 Å². The lowest BCUT2D eigenvalue weighted by molar-refractivity contribution is -0.131. The summed E-state index contributed by atoms with van der Waals surface area (Å²) in [7, 11) is -1.92. The van der Waals surface area contributed by atoms with Crippen LogP contribution in [0.2, 0.25) is 0 Å². The zero-order valence-electron chi connectivity index (χ0n) is 18.2. The van der Waals surface area contributed by atoms with E-state index in [2.05, 4.69) is 29.4 Å². The topological polar surface area (TPSA) is 75.5 Å². The molecule has 168 valence electrons. The molecule has 0 bridgehead atoms. The van der Waals surface area contributed by atoms with Crippen LogP contribution < -0.4 is 0 Å². The maximum atomic E-state index is 13.3. The van der Waals surface area contributed by atoms with Crippen molar-refractivity contribution in [1.82, 2.24) is 19.0 Å². The molecule has 4 rings (SSSR count). The van der Waals surface area contributed by atoms with Gasteiger partial charge >= 0.3 is 0 Å². The Labute approximate surface area is 189 Å². The van der Waals surface area contributed by atoms with Gasteiger partial charge in [0.25, 0.3) is 0 Å². The SMILES string of the molecule is Cn1cc(S(=O)(=O)N2CCCN(C(=O)CC(c3ccccc3)c3ccccc3)CC2)cn1. The number of aryl methyl sites for hydroxylation is 1. The molecule has 0 radical (unpaired) electrons. The Hall–Kier alpha value is -2.97. The summed E-state index contributed by atoms with van der Waals surface area (Å²) in [5.41, 5.74) is 2.20. The number of carbonyl (C=O) groups is 1. The summed E-state index contributed by atoms with van der Waals surface area (Å²) in [6, 6.07) is 20.1. The van der Waals surface area contributed by atoms with Gasteiger partial charge in [-0.15, -0.1) is 0 Å². The van der Waals surface area contributed by atoms with Crippen molar-refractivity contribution in [3.8, 4) is 0 Å². The molecule has 1 fully saturated rings. The first-order valence-corrected chi connectivity index (χ1v) is 12.3. The summed E-state index contributed by atoms with van der Waals surface area (Å²) in [6.45, 7) is 1.61. The summed E-state index contributed by atoms with van der Waals surface area (Å²) in [6.07, 6.45) is 3.83. The van der Waals surface area contributed by atoms with Crippen molar-refractivity contribution in [2.45, 2.75) is 23.7 Å². The van der Waals surface area contributed by atoms with Gasteiger partial charge in [-0.3, -0.25) is 9.48 Å². The van der Waals surface area contributed by atoms with Gasteiger partial charge in [0.15, 0.2) is 0 Å². The Balaban J connectivity index is 1.47. The smallest absolute Gasteiger partial charge is 0.246 e. The third kappa shape index (κ3) is 4.92. The third-order valence-corrected chi connectivity index (χ3v) is 7.76. The highest BCUT2D eigenvalue weighted by Crippen LogP contribution is 2.29. The van der Waals surface area contributed by atoms with E-state index in [1.54, 1.807) is 11.9 Å². The van der Waals surface area contributed by atoms with Crippen LogP contribution in [0, 0.1) is 0 Å². The van der Waals surface area contributed by atoms with Crippen LogP contribution in [-0.4, -0.2) is 59.5 Å². The van der Waals surface area contributed by atoms with Crippen molar-refractivity contribution in [3.63, 3.8) is 0 Å². The summed E-state index contributed by atoms with van der Waals surface area (Å²) in [5.74, 6) is 0.00622. The van der Waals surface area contributed by atoms with Gasteiger partial charge in [0.05, 0.1) is 6.20 Å². The molecule has 8 heteroatoms. The van der Waals surface area contributed by atoms with E-state index in [1.165, 1.54) is 21.4 Å². The van der Waals surface area contributed by atoms with Crippen LogP contribution in [0.3, 0.4) is 0 Å². The lowest BCUT2D eigenvalue weighted by Gasteiger charge is -2.25. The molecule has 1 amide bonds. The van der Waals surface area contributed by atoms with Crippen molar-refractivity contribution < 1.29 is 13.2 Å². The Morgan fingerprint density at radius 2 is 1.56 bits per heavy atom. The lowest BCUT2D eigenvalue weighted by Crippen LogP contribution is -2.37.